The Labute approximate surface area is 112 Å². The van der Waals surface area contributed by atoms with E-state index in [0.717, 1.165) is 17.1 Å². The van der Waals surface area contributed by atoms with E-state index in [2.05, 4.69) is 5.32 Å². The molecule has 19 heavy (non-hydrogen) atoms. The molecule has 0 aliphatic heterocycles. The van der Waals surface area contributed by atoms with Crippen LogP contribution >= 0.6 is 0 Å². The lowest BCUT2D eigenvalue weighted by Gasteiger charge is -2.14. The first-order chi connectivity index (χ1) is 9.28. The summed E-state index contributed by atoms with van der Waals surface area (Å²) in [4.78, 5) is 0. The maximum Gasteiger partial charge on any atom is 0.184 e. The Morgan fingerprint density at radius 2 is 1.53 bits per heavy atom. The highest BCUT2D eigenvalue weighted by Crippen LogP contribution is 2.36. The van der Waals surface area contributed by atoms with E-state index in [1.165, 1.54) is 0 Å². The van der Waals surface area contributed by atoms with Crippen LogP contribution < -0.4 is 19.5 Å². The number of para-hydroxylation sites is 1. The third-order valence-corrected chi connectivity index (χ3v) is 2.77. The average Bonchev–Trinajstić information content (AvgIpc) is 2.47. The van der Waals surface area contributed by atoms with Crippen LogP contribution in [0.25, 0.3) is 0 Å². The van der Waals surface area contributed by atoms with E-state index in [0.29, 0.717) is 11.5 Å². The first-order valence-electron chi connectivity index (χ1n) is 5.90. The van der Waals surface area contributed by atoms with Gasteiger partial charge in [0.15, 0.2) is 11.5 Å². The molecule has 2 aromatic rings. The molecule has 1 N–H and O–H groups in total. The lowest BCUT2D eigenvalue weighted by atomic mass is 10.2. The Balaban J connectivity index is 2.26. The molecule has 0 fully saturated rings. The van der Waals surface area contributed by atoms with Crippen molar-refractivity contribution in [1.29, 1.82) is 0 Å². The van der Waals surface area contributed by atoms with Gasteiger partial charge in [0.05, 0.1) is 27.0 Å². The first kappa shape index (κ1) is 13.1. The summed E-state index contributed by atoms with van der Waals surface area (Å²) in [6, 6.07) is 13.4. The number of ether oxygens (including phenoxy) is 3. The molecule has 2 rings (SSSR count). The van der Waals surface area contributed by atoms with Crippen LogP contribution in [0.15, 0.2) is 42.5 Å². The number of rotatable bonds is 5. The predicted molar refractivity (Wildman–Crippen MR) is 75.8 cm³/mol. The molecule has 0 aliphatic rings. The van der Waals surface area contributed by atoms with Crippen LogP contribution in [0.3, 0.4) is 0 Å². The van der Waals surface area contributed by atoms with Crippen molar-refractivity contribution in [2.24, 2.45) is 0 Å². The largest absolute Gasteiger partial charge is 0.497 e. The molecule has 4 heteroatoms. The predicted octanol–water partition coefficient (Wildman–Crippen LogP) is 3.46. The first-order valence-corrected chi connectivity index (χ1v) is 5.90. The highest BCUT2D eigenvalue weighted by molar-refractivity contribution is 5.70. The van der Waals surface area contributed by atoms with Crippen LogP contribution in [-0.2, 0) is 0 Å². The maximum atomic E-state index is 5.37. The molecule has 0 radical (unpaired) electrons. The van der Waals surface area contributed by atoms with Crippen molar-refractivity contribution < 1.29 is 14.2 Å². The molecule has 100 valence electrons. The molecule has 0 bridgehead atoms. The van der Waals surface area contributed by atoms with Gasteiger partial charge in [-0.3, -0.25) is 0 Å². The zero-order valence-corrected chi connectivity index (χ0v) is 11.3. The maximum absolute atomic E-state index is 5.37. The lowest BCUT2D eigenvalue weighted by Crippen LogP contribution is -1.97. The van der Waals surface area contributed by atoms with Gasteiger partial charge >= 0.3 is 0 Å². The van der Waals surface area contributed by atoms with Crippen molar-refractivity contribution in [1.82, 2.24) is 0 Å². The minimum atomic E-state index is 0.681. The standard InChI is InChI=1S/C15H17NO3/c1-17-12-9-7-11(8-10-12)16-13-5-4-6-14(18-2)15(13)19-3/h4-10,16H,1-3H3. The van der Waals surface area contributed by atoms with Gasteiger partial charge in [-0.2, -0.15) is 0 Å². The number of benzene rings is 2. The number of methoxy groups -OCH3 is 3. The Morgan fingerprint density at radius 3 is 2.11 bits per heavy atom. The number of nitrogens with one attached hydrogen (secondary N) is 1. The molecular weight excluding hydrogens is 242 g/mol. The normalized spacial score (nSPS) is 9.84. The number of anilines is 2. The summed E-state index contributed by atoms with van der Waals surface area (Å²) in [6.07, 6.45) is 0. The van der Waals surface area contributed by atoms with Gasteiger partial charge in [0.2, 0.25) is 0 Å². The Kier molecular flexibility index (Phi) is 4.13. The van der Waals surface area contributed by atoms with Crippen LogP contribution in [0.5, 0.6) is 17.2 Å². The molecule has 4 nitrogen and oxygen atoms in total. The minimum Gasteiger partial charge on any atom is -0.497 e. The van der Waals surface area contributed by atoms with Gasteiger partial charge in [-0.25, -0.2) is 0 Å². The molecule has 0 spiro atoms. The van der Waals surface area contributed by atoms with Crippen molar-refractivity contribution in [3.8, 4) is 17.2 Å². The average molecular weight is 259 g/mol. The molecule has 0 aliphatic carbocycles. The quantitative estimate of drug-likeness (QED) is 0.892. The van der Waals surface area contributed by atoms with Gasteiger partial charge < -0.3 is 19.5 Å². The fourth-order valence-electron chi connectivity index (χ4n) is 1.82. The SMILES string of the molecule is COc1ccc(Nc2cccc(OC)c2OC)cc1. The van der Waals surface area contributed by atoms with Crippen LogP contribution in [0, 0.1) is 0 Å². The molecule has 0 atom stereocenters. The van der Waals surface area contributed by atoms with Crippen LogP contribution in [0.4, 0.5) is 11.4 Å². The van der Waals surface area contributed by atoms with E-state index in [1.807, 2.05) is 42.5 Å². The summed E-state index contributed by atoms with van der Waals surface area (Å²) in [5, 5.41) is 3.29. The van der Waals surface area contributed by atoms with E-state index in [9.17, 15) is 0 Å². The molecule has 2 aromatic carbocycles. The van der Waals surface area contributed by atoms with Crippen molar-refractivity contribution in [2.75, 3.05) is 26.6 Å². The van der Waals surface area contributed by atoms with E-state index in [-0.39, 0.29) is 0 Å². The summed E-state index contributed by atoms with van der Waals surface area (Å²) >= 11 is 0. The summed E-state index contributed by atoms with van der Waals surface area (Å²) in [5.41, 5.74) is 1.80. The zero-order valence-electron chi connectivity index (χ0n) is 11.3. The van der Waals surface area contributed by atoms with Gasteiger partial charge in [-0.15, -0.1) is 0 Å². The van der Waals surface area contributed by atoms with Gasteiger partial charge in [-0.1, -0.05) is 6.07 Å². The monoisotopic (exact) mass is 259 g/mol. The van der Waals surface area contributed by atoms with Crippen LogP contribution in [-0.4, -0.2) is 21.3 Å². The second-order valence-corrected chi connectivity index (χ2v) is 3.89. The van der Waals surface area contributed by atoms with Crippen molar-refractivity contribution >= 4 is 11.4 Å². The molecular formula is C15H17NO3. The van der Waals surface area contributed by atoms with Crippen molar-refractivity contribution in [3.63, 3.8) is 0 Å². The zero-order chi connectivity index (χ0) is 13.7. The highest BCUT2D eigenvalue weighted by atomic mass is 16.5. The Bertz CT molecular complexity index is 538. The Morgan fingerprint density at radius 1 is 0.789 bits per heavy atom. The topological polar surface area (TPSA) is 39.7 Å². The number of hydrogen-bond donors (Lipinski definition) is 1. The second-order valence-electron chi connectivity index (χ2n) is 3.89. The smallest absolute Gasteiger partial charge is 0.184 e. The summed E-state index contributed by atoms with van der Waals surface area (Å²) in [5.74, 6) is 2.20. The van der Waals surface area contributed by atoms with Crippen LogP contribution in [0.2, 0.25) is 0 Å². The van der Waals surface area contributed by atoms with Gasteiger partial charge in [-0.05, 0) is 36.4 Å². The van der Waals surface area contributed by atoms with E-state index in [1.54, 1.807) is 21.3 Å². The third-order valence-electron chi connectivity index (χ3n) is 2.77. The fourth-order valence-corrected chi connectivity index (χ4v) is 1.82. The molecule has 0 saturated carbocycles. The van der Waals surface area contributed by atoms with Crippen molar-refractivity contribution in [3.05, 3.63) is 42.5 Å². The second kappa shape index (κ2) is 6.00. The van der Waals surface area contributed by atoms with Gasteiger partial charge in [0.25, 0.3) is 0 Å². The molecule has 0 aromatic heterocycles. The van der Waals surface area contributed by atoms with E-state index >= 15 is 0 Å². The number of hydrogen-bond acceptors (Lipinski definition) is 4. The molecule has 0 unspecified atom stereocenters. The van der Waals surface area contributed by atoms with E-state index in [4.69, 9.17) is 14.2 Å². The third kappa shape index (κ3) is 2.91. The Hall–Kier alpha value is -2.36. The minimum absolute atomic E-state index is 0.681. The lowest BCUT2D eigenvalue weighted by molar-refractivity contribution is 0.356. The molecule has 0 amide bonds. The van der Waals surface area contributed by atoms with Gasteiger partial charge in [0.1, 0.15) is 5.75 Å². The highest BCUT2D eigenvalue weighted by Gasteiger charge is 2.09. The van der Waals surface area contributed by atoms with Gasteiger partial charge in [0, 0.05) is 5.69 Å². The van der Waals surface area contributed by atoms with E-state index < -0.39 is 0 Å². The molecule has 0 heterocycles. The summed E-state index contributed by atoms with van der Waals surface area (Å²) in [7, 11) is 4.89. The summed E-state index contributed by atoms with van der Waals surface area (Å²) in [6.45, 7) is 0. The molecule has 0 saturated heterocycles. The fraction of sp³-hybridized carbons (Fsp3) is 0.200. The summed E-state index contributed by atoms with van der Waals surface area (Å²) < 4.78 is 15.8. The van der Waals surface area contributed by atoms with Crippen molar-refractivity contribution in [2.45, 2.75) is 0 Å². The van der Waals surface area contributed by atoms with Crippen LogP contribution in [0.1, 0.15) is 0 Å².